The number of hydrogen-bond donors (Lipinski definition) is 2. The number of hydrogen-bond acceptors (Lipinski definition) is 6. The van der Waals surface area contributed by atoms with E-state index in [1.165, 1.54) is 42.5 Å². The standard InChI is InChI=1S/C25H22FNO6/c1-4-32-25(31)24(30)27-18-11-14(2)23(15(3)12-18)33-21-10-9-19(28)13-20(21)22(29)16-5-7-17(26)8-6-16/h5-13,28H,4H2,1-3H3,(H,27,30). The van der Waals surface area contributed by atoms with Gasteiger partial charge < -0.3 is 19.9 Å². The Kier molecular flexibility index (Phi) is 7.07. The predicted octanol–water partition coefficient (Wildman–Crippen LogP) is 4.67. The van der Waals surface area contributed by atoms with Crippen LogP contribution in [0.25, 0.3) is 0 Å². The zero-order valence-corrected chi connectivity index (χ0v) is 18.3. The van der Waals surface area contributed by atoms with Crippen LogP contribution in [-0.2, 0) is 14.3 Å². The van der Waals surface area contributed by atoms with Crippen LogP contribution in [0.4, 0.5) is 10.1 Å². The topological polar surface area (TPSA) is 102 Å². The quantitative estimate of drug-likeness (QED) is 0.321. The Balaban J connectivity index is 1.90. The zero-order chi connectivity index (χ0) is 24.1. The number of halogens is 1. The number of carbonyl (C=O) groups excluding carboxylic acids is 3. The van der Waals surface area contributed by atoms with E-state index in [1.807, 2.05) is 0 Å². The lowest BCUT2D eigenvalue weighted by Gasteiger charge is -2.16. The Morgan fingerprint density at radius 1 is 0.970 bits per heavy atom. The highest BCUT2D eigenvalue weighted by Gasteiger charge is 2.19. The minimum Gasteiger partial charge on any atom is -0.508 e. The van der Waals surface area contributed by atoms with Gasteiger partial charge in [0.15, 0.2) is 5.78 Å². The fourth-order valence-corrected chi connectivity index (χ4v) is 3.21. The van der Waals surface area contributed by atoms with E-state index in [0.717, 1.165) is 0 Å². The number of phenols is 1. The van der Waals surface area contributed by atoms with Crippen LogP contribution in [0.2, 0.25) is 0 Å². The Labute approximate surface area is 189 Å². The lowest BCUT2D eigenvalue weighted by atomic mass is 10.0. The van der Waals surface area contributed by atoms with Crippen molar-refractivity contribution in [2.24, 2.45) is 0 Å². The minimum absolute atomic E-state index is 0.0860. The molecule has 0 saturated carbocycles. The van der Waals surface area contributed by atoms with Crippen molar-refractivity contribution in [2.45, 2.75) is 20.8 Å². The van der Waals surface area contributed by atoms with Gasteiger partial charge >= 0.3 is 11.9 Å². The summed E-state index contributed by atoms with van der Waals surface area (Å²) in [5, 5.41) is 12.4. The van der Waals surface area contributed by atoms with Crippen molar-refractivity contribution < 1.29 is 33.4 Å². The van der Waals surface area contributed by atoms with E-state index < -0.39 is 23.5 Å². The van der Waals surface area contributed by atoms with Crippen molar-refractivity contribution in [1.82, 2.24) is 0 Å². The van der Waals surface area contributed by atoms with Gasteiger partial charge in [-0.25, -0.2) is 9.18 Å². The molecule has 0 saturated heterocycles. The maximum atomic E-state index is 13.2. The summed E-state index contributed by atoms with van der Waals surface area (Å²) in [5.74, 6) is -2.30. The van der Waals surface area contributed by atoms with Crippen LogP contribution in [0.15, 0.2) is 54.6 Å². The third kappa shape index (κ3) is 5.54. The van der Waals surface area contributed by atoms with Crippen LogP contribution in [0.1, 0.15) is 34.0 Å². The van der Waals surface area contributed by atoms with Gasteiger partial charge in [-0.05, 0) is 86.5 Å². The maximum Gasteiger partial charge on any atom is 0.397 e. The van der Waals surface area contributed by atoms with E-state index in [2.05, 4.69) is 10.1 Å². The summed E-state index contributed by atoms with van der Waals surface area (Å²) in [4.78, 5) is 36.4. The van der Waals surface area contributed by atoms with E-state index in [1.54, 1.807) is 32.9 Å². The van der Waals surface area contributed by atoms with Crippen molar-refractivity contribution in [1.29, 1.82) is 0 Å². The highest BCUT2D eigenvalue weighted by molar-refractivity contribution is 6.37. The first-order valence-corrected chi connectivity index (χ1v) is 10.1. The van der Waals surface area contributed by atoms with Gasteiger partial charge in [0.2, 0.25) is 0 Å². The molecule has 0 aromatic heterocycles. The third-order valence-corrected chi connectivity index (χ3v) is 4.71. The Hall–Kier alpha value is -4.20. The highest BCUT2D eigenvalue weighted by Crippen LogP contribution is 2.35. The second-order valence-corrected chi connectivity index (χ2v) is 7.23. The largest absolute Gasteiger partial charge is 0.508 e. The Morgan fingerprint density at radius 3 is 2.21 bits per heavy atom. The fourth-order valence-electron chi connectivity index (χ4n) is 3.21. The molecule has 0 spiro atoms. The number of rotatable bonds is 6. The molecular formula is C25H22FNO6. The number of anilines is 1. The molecule has 7 nitrogen and oxygen atoms in total. The number of phenolic OH excluding ortho intramolecular Hbond substituents is 1. The lowest BCUT2D eigenvalue weighted by molar-refractivity contribution is -0.152. The van der Waals surface area contributed by atoms with Gasteiger partial charge in [-0.3, -0.25) is 9.59 Å². The highest BCUT2D eigenvalue weighted by atomic mass is 19.1. The van der Waals surface area contributed by atoms with Gasteiger partial charge in [-0.1, -0.05) is 0 Å². The predicted molar refractivity (Wildman–Crippen MR) is 119 cm³/mol. The van der Waals surface area contributed by atoms with Crippen LogP contribution < -0.4 is 10.1 Å². The van der Waals surface area contributed by atoms with E-state index in [-0.39, 0.29) is 29.2 Å². The number of amides is 1. The molecule has 0 aliphatic carbocycles. The first-order chi connectivity index (χ1) is 15.7. The summed E-state index contributed by atoms with van der Waals surface area (Å²) in [6, 6.07) is 12.4. The molecule has 0 aliphatic rings. The van der Waals surface area contributed by atoms with Crippen molar-refractivity contribution in [3.8, 4) is 17.2 Å². The summed E-state index contributed by atoms with van der Waals surface area (Å²) in [6.45, 7) is 5.17. The first kappa shape index (κ1) is 23.5. The number of aryl methyl sites for hydroxylation is 2. The van der Waals surface area contributed by atoms with Crippen LogP contribution >= 0.6 is 0 Å². The second-order valence-electron chi connectivity index (χ2n) is 7.23. The van der Waals surface area contributed by atoms with Crippen LogP contribution in [0.3, 0.4) is 0 Å². The molecular weight excluding hydrogens is 429 g/mol. The zero-order valence-electron chi connectivity index (χ0n) is 18.3. The van der Waals surface area contributed by atoms with Crippen LogP contribution in [0, 0.1) is 19.7 Å². The SMILES string of the molecule is CCOC(=O)C(=O)Nc1cc(C)c(Oc2ccc(O)cc2C(=O)c2ccc(F)cc2)c(C)c1. The second kappa shape index (κ2) is 9.95. The number of ether oxygens (including phenoxy) is 2. The van der Waals surface area contributed by atoms with E-state index in [9.17, 15) is 23.9 Å². The van der Waals surface area contributed by atoms with Crippen LogP contribution in [-0.4, -0.2) is 29.4 Å². The monoisotopic (exact) mass is 451 g/mol. The number of carbonyl (C=O) groups is 3. The van der Waals surface area contributed by atoms with E-state index in [0.29, 0.717) is 22.6 Å². The molecule has 3 rings (SSSR count). The number of ketones is 1. The van der Waals surface area contributed by atoms with Gasteiger partial charge in [0.05, 0.1) is 12.2 Å². The van der Waals surface area contributed by atoms with Gasteiger partial charge in [0.25, 0.3) is 0 Å². The average Bonchev–Trinajstić information content (AvgIpc) is 2.77. The molecule has 3 aromatic carbocycles. The number of benzene rings is 3. The van der Waals surface area contributed by atoms with Crippen LogP contribution in [0.5, 0.6) is 17.2 Å². The van der Waals surface area contributed by atoms with Crippen molar-refractivity contribution >= 4 is 23.3 Å². The first-order valence-electron chi connectivity index (χ1n) is 10.1. The molecule has 2 N–H and O–H groups in total. The summed E-state index contributed by atoms with van der Waals surface area (Å²) in [7, 11) is 0. The summed E-state index contributed by atoms with van der Waals surface area (Å²) >= 11 is 0. The van der Waals surface area contributed by atoms with Gasteiger partial charge in [-0.2, -0.15) is 0 Å². The van der Waals surface area contributed by atoms with Crippen molar-refractivity contribution in [3.63, 3.8) is 0 Å². The number of nitrogens with one attached hydrogen (secondary N) is 1. The molecule has 3 aromatic rings. The molecule has 0 radical (unpaired) electrons. The molecule has 0 atom stereocenters. The van der Waals surface area contributed by atoms with E-state index in [4.69, 9.17) is 4.74 Å². The summed E-state index contributed by atoms with van der Waals surface area (Å²) in [6.07, 6.45) is 0. The minimum atomic E-state index is -0.985. The van der Waals surface area contributed by atoms with Gasteiger partial charge in [0, 0.05) is 11.3 Å². The van der Waals surface area contributed by atoms with E-state index >= 15 is 0 Å². The van der Waals surface area contributed by atoms with Crippen molar-refractivity contribution in [2.75, 3.05) is 11.9 Å². The third-order valence-electron chi connectivity index (χ3n) is 4.71. The lowest BCUT2D eigenvalue weighted by Crippen LogP contribution is -2.25. The molecule has 0 heterocycles. The number of esters is 1. The van der Waals surface area contributed by atoms with Gasteiger partial charge in [0.1, 0.15) is 23.1 Å². The smallest absolute Gasteiger partial charge is 0.397 e. The molecule has 33 heavy (non-hydrogen) atoms. The molecule has 0 fully saturated rings. The molecule has 1 amide bonds. The maximum absolute atomic E-state index is 13.2. The Morgan fingerprint density at radius 2 is 1.61 bits per heavy atom. The normalized spacial score (nSPS) is 10.4. The molecule has 170 valence electrons. The summed E-state index contributed by atoms with van der Waals surface area (Å²) < 4.78 is 23.9. The average molecular weight is 451 g/mol. The fraction of sp³-hybridized carbons (Fsp3) is 0.160. The molecule has 0 bridgehead atoms. The van der Waals surface area contributed by atoms with Crippen molar-refractivity contribution in [3.05, 3.63) is 82.7 Å². The summed E-state index contributed by atoms with van der Waals surface area (Å²) in [5.41, 5.74) is 1.96. The molecule has 8 heteroatoms. The molecule has 0 unspecified atom stereocenters. The van der Waals surface area contributed by atoms with Gasteiger partial charge in [-0.15, -0.1) is 0 Å². The molecule has 0 aliphatic heterocycles. The Bertz CT molecular complexity index is 1200. The number of aromatic hydroxyl groups is 1.